The van der Waals surface area contributed by atoms with E-state index >= 15 is 0 Å². The number of rotatable bonds is 4. The van der Waals surface area contributed by atoms with Crippen LogP contribution in [0.2, 0.25) is 0 Å². The van der Waals surface area contributed by atoms with Crippen LogP contribution in [0.4, 0.5) is 0 Å². The maximum Gasteiger partial charge on any atom is 0.337 e. The van der Waals surface area contributed by atoms with Crippen molar-refractivity contribution in [2.45, 2.75) is 24.8 Å². The molecule has 1 aromatic rings. The number of aliphatic hydroxyl groups excluding tert-OH is 1. The molecule has 3 nitrogen and oxygen atoms in total. The van der Waals surface area contributed by atoms with Gasteiger partial charge in [0.2, 0.25) is 0 Å². The van der Waals surface area contributed by atoms with E-state index in [1.54, 1.807) is 38.1 Å². The van der Waals surface area contributed by atoms with E-state index in [-0.39, 0.29) is 6.61 Å². The molecule has 1 aromatic carbocycles. The van der Waals surface area contributed by atoms with E-state index < -0.39 is 16.9 Å². The van der Waals surface area contributed by atoms with Crippen LogP contribution in [0, 0.1) is 0 Å². The summed E-state index contributed by atoms with van der Waals surface area (Å²) in [6.45, 7) is 3.49. The minimum absolute atomic E-state index is 0.220. The van der Waals surface area contributed by atoms with Gasteiger partial charge in [-0.2, -0.15) is 0 Å². The highest BCUT2D eigenvalue weighted by molar-refractivity contribution is 6.25. The third-order valence-corrected chi connectivity index (χ3v) is 2.79. The fourth-order valence-corrected chi connectivity index (χ4v) is 1.58. The van der Waals surface area contributed by atoms with Crippen LogP contribution in [0.1, 0.15) is 19.4 Å². The Morgan fingerprint density at radius 2 is 2.06 bits per heavy atom. The molecule has 88 valence electrons. The molecule has 0 aliphatic heterocycles. The first-order valence-corrected chi connectivity index (χ1v) is 5.47. The zero-order valence-electron chi connectivity index (χ0n) is 9.31. The normalized spacial score (nSPS) is 16.2. The number of hydrogen-bond donors (Lipinski definition) is 1. The highest BCUT2D eigenvalue weighted by Crippen LogP contribution is 2.32. The van der Waals surface area contributed by atoms with Gasteiger partial charge in [0.15, 0.2) is 6.10 Å². The summed E-state index contributed by atoms with van der Waals surface area (Å²) >= 11 is 6.19. The van der Waals surface area contributed by atoms with Gasteiger partial charge in [0, 0.05) is 0 Å². The summed E-state index contributed by atoms with van der Waals surface area (Å²) in [5.41, 5.74) is 0.678. The summed E-state index contributed by atoms with van der Waals surface area (Å²) in [5.74, 6) is -0.705. The molecule has 0 unspecified atom stereocenters. The summed E-state index contributed by atoms with van der Waals surface area (Å²) in [4.78, 5) is 10.2. The number of benzene rings is 1. The Morgan fingerprint density at radius 3 is 2.56 bits per heavy atom. The van der Waals surface area contributed by atoms with E-state index in [9.17, 15) is 9.90 Å². The van der Waals surface area contributed by atoms with Crippen LogP contribution in [-0.4, -0.2) is 23.8 Å². The minimum Gasteiger partial charge on any atom is -0.464 e. The Kier molecular flexibility index (Phi) is 4.33. The van der Waals surface area contributed by atoms with Crippen molar-refractivity contribution in [1.29, 1.82) is 0 Å². The smallest absolute Gasteiger partial charge is 0.337 e. The summed E-state index contributed by atoms with van der Waals surface area (Å²) in [7, 11) is 0. The molecule has 0 heterocycles. The van der Waals surface area contributed by atoms with Crippen LogP contribution in [0.5, 0.6) is 0 Å². The average molecular weight is 243 g/mol. The predicted octanol–water partition coefficient (Wildman–Crippen LogP) is 2.06. The van der Waals surface area contributed by atoms with Crippen molar-refractivity contribution in [2.75, 3.05) is 6.61 Å². The highest BCUT2D eigenvalue weighted by Gasteiger charge is 2.38. The summed E-state index contributed by atoms with van der Waals surface area (Å²) in [6, 6.07) is 8.96. The highest BCUT2D eigenvalue weighted by atomic mass is 35.5. The van der Waals surface area contributed by atoms with Gasteiger partial charge in [-0.1, -0.05) is 30.3 Å². The van der Waals surface area contributed by atoms with E-state index in [4.69, 9.17) is 16.3 Å². The van der Waals surface area contributed by atoms with E-state index in [2.05, 4.69) is 0 Å². The summed E-state index contributed by atoms with van der Waals surface area (Å²) < 4.78 is 4.74. The number of carbonyl (C=O) groups is 1. The summed E-state index contributed by atoms with van der Waals surface area (Å²) in [6.07, 6.45) is -1.38. The Morgan fingerprint density at radius 1 is 1.50 bits per heavy atom. The molecule has 2 atom stereocenters. The molecule has 0 amide bonds. The van der Waals surface area contributed by atoms with Crippen molar-refractivity contribution in [2.24, 2.45) is 0 Å². The Bertz CT molecular complexity index is 349. The summed E-state index contributed by atoms with van der Waals surface area (Å²) in [5, 5.41) is 9.82. The van der Waals surface area contributed by atoms with Crippen molar-refractivity contribution in [3.05, 3.63) is 35.9 Å². The molecule has 1 rings (SSSR count). The van der Waals surface area contributed by atoms with Gasteiger partial charge < -0.3 is 9.84 Å². The molecule has 0 saturated heterocycles. The molecule has 4 heteroatoms. The van der Waals surface area contributed by atoms with Crippen LogP contribution >= 0.6 is 11.6 Å². The SMILES string of the molecule is CCOC(=O)[C@@H](O)[C@](C)(Cl)c1ccccc1. The number of halogens is 1. The molecule has 1 N–H and O–H groups in total. The average Bonchev–Trinajstić information content (AvgIpc) is 2.29. The molecule has 0 aromatic heterocycles. The third kappa shape index (κ3) is 2.74. The van der Waals surface area contributed by atoms with E-state index in [1.165, 1.54) is 0 Å². The molecular weight excluding hydrogens is 228 g/mol. The lowest BCUT2D eigenvalue weighted by molar-refractivity contribution is -0.154. The third-order valence-electron chi connectivity index (χ3n) is 2.36. The van der Waals surface area contributed by atoms with Gasteiger partial charge in [0.05, 0.1) is 6.61 Å². The Balaban J connectivity index is 2.89. The van der Waals surface area contributed by atoms with Gasteiger partial charge in [0.1, 0.15) is 4.87 Å². The second-order valence-corrected chi connectivity index (χ2v) is 4.38. The fourth-order valence-electron chi connectivity index (χ4n) is 1.36. The molecule has 0 spiro atoms. The van der Waals surface area contributed by atoms with E-state index in [0.29, 0.717) is 5.56 Å². The van der Waals surface area contributed by atoms with Crippen molar-refractivity contribution >= 4 is 17.6 Å². The quantitative estimate of drug-likeness (QED) is 0.650. The molecule has 0 aliphatic rings. The fraction of sp³-hybridized carbons (Fsp3) is 0.417. The second-order valence-electron chi connectivity index (χ2n) is 3.60. The molecule has 16 heavy (non-hydrogen) atoms. The molecular formula is C12H15ClO3. The lowest BCUT2D eigenvalue weighted by atomic mass is 9.94. The largest absolute Gasteiger partial charge is 0.464 e. The van der Waals surface area contributed by atoms with Crippen LogP contribution < -0.4 is 0 Å². The molecule has 0 fully saturated rings. The maximum absolute atomic E-state index is 11.4. The minimum atomic E-state index is -1.38. The number of alkyl halides is 1. The monoisotopic (exact) mass is 242 g/mol. The first kappa shape index (κ1) is 13.0. The van der Waals surface area contributed by atoms with E-state index in [1.807, 2.05) is 6.07 Å². The first-order chi connectivity index (χ1) is 7.50. The van der Waals surface area contributed by atoms with Gasteiger partial charge in [-0.25, -0.2) is 4.79 Å². The number of esters is 1. The lowest BCUT2D eigenvalue weighted by Crippen LogP contribution is -2.39. The topological polar surface area (TPSA) is 46.5 Å². The zero-order valence-corrected chi connectivity index (χ0v) is 10.1. The predicted molar refractivity (Wildman–Crippen MR) is 62.3 cm³/mol. The van der Waals surface area contributed by atoms with Crippen LogP contribution in [0.3, 0.4) is 0 Å². The number of carbonyl (C=O) groups excluding carboxylic acids is 1. The Labute approximate surface area is 100.0 Å². The molecule has 0 aliphatic carbocycles. The van der Waals surface area contributed by atoms with E-state index in [0.717, 1.165) is 0 Å². The van der Waals surface area contributed by atoms with Crippen molar-refractivity contribution in [3.63, 3.8) is 0 Å². The number of aliphatic hydroxyl groups is 1. The van der Waals surface area contributed by atoms with Crippen LogP contribution in [0.25, 0.3) is 0 Å². The number of hydrogen-bond acceptors (Lipinski definition) is 3. The molecule has 0 radical (unpaired) electrons. The zero-order chi connectivity index (χ0) is 12.2. The van der Waals surface area contributed by atoms with Crippen LogP contribution in [-0.2, 0) is 14.4 Å². The van der Waals surface area contributed by atoms with Gasteiger partial charge in [-0.15, -0.1) is 11.6 Å². The van der Waals surface area contributed by atoms with Gasteiger partial charge in [0.25, 0.3) is 0 Å². The number of ether oxygens (including phenoxy) is 1. The molecule has 0 bridgehead atoms. The second kappa shape index (κ2) is 5.32. The van der Waals surface area contributed by atoms with Gasteiger partial charge >= 0.3 is 5.97 Å². The van der Waals surface area contributed by atoms with Crippen molar-refractivity contribution in [3.8, 4) is 0 Å². The Hall–Kier alpha value is -1.06. The van der Waals surface area contributed by atoms with Gasteiger partial charge in [-0.3, -0.25) is 0 Å². The lowest BCUT2D eigenvalue weighted by Gasteiger charge is -2.26. The first-order valence-electron chi connectivity index (χ1n) is 5.09. The van der Waals surface area contributed by atoms with Crippen molar-refractivity contribution in [1.82, 2.24) is 0 Å². The molecule has 0 saturated carbocycles. The van der Waals surface area contributed by atoms with Crippen LogP contribution in [0.15, 0.2) is 30.3 Å². The maximum atomic E-state index is 11.4. The van der Waals surface area contributed by atoms with Gasteiger partial charge in [-0.05, 0) is 19.4 Å². The van der Waals surface area contributed by atoms with Crippen molar-refractivity contribution < 1.29 is 14.6 Å². The standard InChI is InChI=1S/C12H15ClO3/c1-3-16-11(15)10(14)12(2,13)9-7-5-4-6-8-9/h4-8,10,14H,3H2,1-2H3/t10-,12-/m1/s1.